The lowest BCUT2D eigenvalue weighted by Gasteiger charge is -2.26. The molecule has 2 aliphatic heterocycles. The maximum Gasteiger partial charge on any atom is 0.254 e. The molecule has 1 saturated heterocycles. The van der Waals surface area contributed by atoms with Gasteiger partial charge in [0.15, 0.2) is 0 Å². The first-order valence-electron chi connectivity index (χ1n) is 8.83. The summed E-state index contributed by atoms with van der Waals surface area (Å²) in [5, 5.41) is 0.610. The third-order valence-corrected chi connectivity index (χ3v) is 5.23. The highest BCUT2D eigenvalue weighted by Crippen LogP contribution is 2.41. The molecule has 26 heavy (non-hydrogen) atoms. The van der Waals surface area contributed by atoms with E-state index < -0.39 is 0 Å². The normalized spacial score (nSPS) is 19.2. The van der Waals surface area contributed by atoms with Crippen molar-refractivity contribution in [1.29, 1.82) is 0 Å². The van der Waals surface area contributed by atoms with Crippen LogP contribution in [0.15, 0.2) is 36.4 Å². The molecule has 2 aliphatic rings. The lowest BCUT2D eigenvalue weighted by Crippen LogP contribution is -2.40. The molecule has 5 nitrogen and oxygen atoms in total. The van der Waals surface area contributed by atoms with E-state index in [0.29, 0.717) is 43.4 Å². The molecule has 1 fully saturated rings. The Labute approximate surface area is 157 Å². The average molecular weight is 373 g/mol. The monoisotopic (exact) mass is 372 g/mol. The molecule has 0 radical (unpaired) electrons. The molecule has 2 aromatic carbocycles. The fraction of sp³-hybridized carbons (Fsp3) is 0.350. The number of hydrogen-bond acceptors (Lipinski definition) is 4. The van der Waals surface area contributed by atoms with Crippen LogP contribution in [0.1, 0.15) is 15.9 Å². The molecule has 4 rings (SSSR count). The molecular weight excluding hydrogens is 352 g/mol. The second-order valence-electron chi connectivity index (χ2n) is 6.56. The van der Waals surface area contributed by atoms with Crippen LogP contribution in [0.4, 0.5) is 0 Å². The average Bonchev–Trinajstić information content (AvgIpc) is 3.14. The Balaban J connectivity index is 1.60. The van der Waals surface area contributed by atoms with Crippen molar-refractivity contribution in [2.75, 3.05) is 32.8 Å². The molecule has 2 heterocycles. The van der Waals surface area contributed by atoms with E-state index in [2.05, 4.69) is 0 Å². The quantitative estimate of drug-likeness (QED) is 0.899. The highest BCUT2D eigenvalue weighted by atomic mass is 35.5. The number of carbonyl (C=O) groups is 1. The number of amides is 1. The van der Waals surface area contributed by atoms with Crippen molar-refractivity contribution in [3.05, 3.63) is 52.5 Å². The number of ether oxygens (including phenoxy) is 2. The van der Waals surface area contributed by atoms with E-state index in [4.69, 9.17) is 26.8 Å². The topological polar surface area (TPSA) is 64.8 Å². The predicted octanol–water partition coefficient (Wildman–Crippen LogP) is 2.74. The van der Waals surface area contributed by atoms with Crippen LogP contribution in [-0.2, 0) is 11.2 Å². The Kier molecular flexibility index (Phi) is 4.85. The molecule has 1 amide bonds. The van der Waals surface area contributed by atoms with Crippen LogP contribution < -0.4 is 10.5 Å². The summed E-state index contributed by atoms with van der Waals surface area (Å²) < 4.78 is 11.2. The summed E-state index contributed by atoms with van der Waals surface area (Å²) in [6.45, 7) is 2.94. The van der Waals surface area contributed by atoms with Crippen LogP contribution in [0.2, 0.25) is 5.02 Å². The molecule has 1 atom stereocenters. The SMILES string of the molecule is NCC1Cc2c(-c3ccc(C(=O)N4CCOCC4)cc3)ccc(Cl)c2O1. The second-order valence-corrected chi connectivity index (χ2v) is 6.97. The van der Waals surface area contributed by atoms with Crippen molar-refractivity contribution >= 4 is 17.5 Å². The molecule has 0 saturated carbocycles. The van der Waals surface area contributed by atoms with Gasteiger partial charge in [0.05, 0.1) is 18.2 Å². The number of benzene rings is 2. The van der Waals surface area contributed by atoms with E-state index in [-0.39, 0.29) is 12.0 Å². The van der Waals surface area contributed by atoms with Gasteiger partial charge in [-0.05, 0) is 29.3 Å². The predicted molar refractivity (Wildman–Crippen MR) is 101 cm³/mol. The van der Waals surface area contributed by atoms with Crippen molar-refractivity contribution in [2.24, 2.45) is 5.73 Å². The maximum absolute atomic E-state index is 12.6. The second kappa shape index (κ2) is 7.27. The Morgan fingerprint density at radius 3 is 2.58 bits per heavy atom. The van der Waals surface area contributed by atoms with E-state index in [1.807, 2.05) is 41.3 Å². The van der Waals surface area contributed by atoms with Gasteiger partial charge < -0.3 is 20.1 Å². The number of morpholine rings is 1. The third-order valence-electron chi connectivity index (χ3n) is 4.93. The van der Waals surface area contributed by atoms with Gasteiger partial charge in [0.2, 0.25) is 0 Å². The summed E-state index contributed by atoms with van der Waals surface area (Å²) in [6, 6.07) is 11.6. The van der Waals surface area contributed by atoms with Gasteiger partial charge in [-0.2, -0.15) is 0 Å². The number of nitrogens with two attached hydrogens (primary N) is 1. The summed E-state index contributed by atoms with van der Waals surface area (Å²) in [5.41, 5.74) is 9.65. The lowest BCUT2D eigenvalue weighted by molar-refractivity contribution is 0.0303. The van der Waals surface area contributed by atoms with E-state index in [9.17, 15) is 4.79 Å². The number of nitrogens with zero attached hydrogens (tertiary/aromatic N) is 1. The number of carbonyl (C=O) groups excluding carboxylic acids is 1. The largest absolute Gasteiger partial charge is 0.487 e. The summed E-state index contributed by atoms with van der Waals surface area (Å²) >= 11 is 6.28. The minimum Gasteiger partial charge on any atom is -0.487 e. The standard InChI is InChI=1S/C20H21ClN2O3/c21-18-6-5-16(17-11-15(12-22)26-19(17)18)13-1-3-14(4-2-13)20(24)23-7-9-25-10-8-23/h1-6,15H,7-12,22H2. The van der Waals surface area contributed by atoms with Crippen molar-refractivity contribution in [3.63, 3.8) is 0 Å². The van der Waals surface area contributed by atoms with Gasteiger partial charge in [0, 0.05) is 37.2 Å². The smallest absolute Gasteiger partial charge is 0.254 e. The van der Waals surface area contributed by atoms with E-state index >= 15 is 0 Å². The van der Waals surface area contributed by atoms with Crippen molar-refractivity contribution < 1.29 is 14.3 Å². The first-order chi connectivity index (χ1) is 12.7. The molecular formula is C20H21ClN2O3. The van der Waals surface area contributed by atoms with E-state index in [1.165, 1.54) is 0 Å². The molecule has 0 aliphatic carbocycles. The van der Waals surface area contributed by atoms with Crippen molar-refractivity contribution in [3.8, 4) is 16.9 Å². The fourth-order valence-electron chi connectivity index (χ4n) is 3.51. The van der Waals surface area contributed by atoms with Crippen LogP contribution in [0.3, 0.4) is 0 Å². The zero-order valence-electron chi connectivity index (χ0n) is 14.4. The Bertz CT molecular complexity index is 817. The number of fused-ring (bicyclic) bond motifs is 1. The highest BCUT2D eigenvalue weighted by Gasteiger charge is 2.27. The molecule has 0 bridgehead atoms. The maximum atomic E-state index is 12.6. The lowest BCUT2D eigenvalue weighted by atomic mass is 9.96. The fourth-order valence-corrected chi connectivity index (χ4v) is 3.73. The molecule has 0 spiro atoms. The Hall–Kier alpha value is -2.08. The molecule has 2 aromatic rings. The Morgan fingerprint density at radius 1 is 1.15 bits per heavy atom. The van der Waals surface area contributed by atoms with Crippen molar-refractivity contribution in [2.45, 2.75) is 12.5 Å². The van der Waals surface area contributed by atoms with Gasteiger partial charge in [-0.15, -0.1) is 0 Å². The van der Waals surface area contributed by atoms with Gasteiger partial charge in [0.25, 0.3) is 5.91 Å². The van der Waals surface area contributed by atoms with Gasteiger partial charge in [-0.25, -0.2) is 0 Å². The zero-order valence-corrected chi connectivity index (χ0v) is 15.2. The molecule has 1 unspecified atom stereocenters. The van der Waals surface area contributed by atoms with E-state index in [1.54, 1.807) is 0 Å². The Morgan fingerprint density at radius 2 is 1.88 bits per heavy atom. The van der Waals surface area contributed by atoms with Crippen LogP contribution in [0.5, 0.6) is 5.75 Å². The molecule has 2 N–H and O–H groups in total. The van der Waals surface area contributed by atoms with Crippen LogP contribution in [0, 0.1) is 0 Å². The van der Waals surface area contributed by atoms with Crippen LogP contribution >= 0.6 is 11.6 Å². The van der Waals surface area contributed by atoms with Crippen LogP contribution in [0.25, 0.3) is 11.1 Å². The summed E-state index contributed by atoms with van der Waals surface area (Å²) in [4.78, 5) is 14.4. The third kappa shape index (κ3) is 3.18. The first kappa shape index (κ1) is 17.3. The van der Waals surface area contributed by atoms with Gasteiger partial charge in [-0.3, -0.25) is 4.79 Å². The molecule has 6 heteroatoms. The van der Waals surface area contributed by atoms with Crippen LogP contribution in [-0.4, -0.2) is 49.8 Å². The van der Waals surface area contributed by atoms with Gasteiger partial charge in [-0.1, -0.05) is 29.8 Å². The zero-order chi connectivity index (χ0) is 18.1. The molecule has 136 valence electrons. The summed E-state index contributed by atoms with van der Waals surface area (Å²) in [5.74, 6) is 0.779. The first-order valence-corrected chi connectivity index (χ1v) is 9.20. The highest BCUT2D eigenvalue weighted by molar-refractivity contribution is 6.32. The van der Waals surface area contributed by atoms with Gasteiger partial charge >= 0.3 is 0 Å². The summed E-state index contributed by atoms with van der Waals surface area (Å²) in [7, 11) is 0. The van der Waals surface area contributed by atoms with E-state index in [0.717, 1.165) is 28.9 Å². The van der Waals surface area contributed by atoms with Gasteiger partial charge in [0.1, 0.15) is 11.9 Å². The van der Waals surface area contributed by atoms with Crippen molar-refractivity contribution in [1.82, 2.24) is 4.90 Å². The minimum absolute atomic E-state index is 0.0363. The molecule has 0 aromatic heterocycles. The number of rotatable bonds is 3. The summed E-state index contributed by atoms with van der Waals surface area (Å²) in [6.07, 6.45) is 0.710. The number of hydrogen-bond donors (Lipinski definition) is 1. The number of halogens is 1. The minimum atomic E-state index is -0.0363.